The minimum Gasteiger partial charge on any atom is -0.384 e. The highest BCUT2D eigenvalue weighted by Gasteiger charge is 2.30. The number of aryl methyl sites for hydroxylation is 2. The Kier molecular flexibility index (Phi) is 2.92. The number of imide groups is 1. The maximum atomic E-state index is 12.2. The summed E-state index contributed by atoms with van der Waals surface area (Å²) in [6.07, 6.45) is 7.17. The van der Waals surface area contributed by atoms with E-state index in [2.05, 4.69) is 10.3 Å². The Morgan fingerprint density at radius 1 is 1.18 bits per heavy atom. The first-order valence-electron chi connectivity index (χ1n) is 7.76. The number of carbonyl (C=O) groups excluding carboxylic acids is 2. The molecule has 114 valence electrons. The van der Waals surface area contributed by atoms with Gasteiger partial charge in [0, 0.05) is 18.0 Å². The van der Waals surface area contributed by atoms with Crippen molar-refractivity contribution in [2.24, 2.45) is 0 Å². The van der Waals surface area contributed by atoms with E-state index >= 15 is 0 Å². The number of nitrogens with zero attached hydrogens (tertiary/aromatic N) is 2. The van der Waals surface area contributed by atoms with E-state index in [0.717, 1.165) is 36.7 Å². The number of amides is 2. The average molecular weight is 298 g/mol. The first kappa shape index (κ1) is 13.3. The molecule has 1 aliphatic heterocycles. The summed E-state index contributed by atoms with van der Waals surface area (Å²) in [5.74, 6) is 0.0392. The third-order valence-electron chi connectivity index (χ3n) is 4.65. The Bertz CT molecular complexity index is 793. The summed E-state index contributed by atoms with van der Waals surface area (Å²) >= 11 is 0. The molecule has 3 N–H and O–H groups in total. The number of rotatable bonds is 1. The van der Waals surface area contributed by atoms with Crippen molar-refractivity contribution in [3.8, 4) is 0 Å². The second kappa shape index (κ2) is 4.83. The standard InChI is InChI=1S/C16H18N4O2/c17-12-7-9-3-1-2-4-10-8-20(15(18-12)14(9)10)11-5-6-13(21)19-16(11)22/h7-8,11H,1-6H2,(H2,17,18)(H,19,21,22). The molecular formula is C16H18N4O2. The summed E-state index contributed by atoms with van der Waals surface area (Å²) in [4.78, 5) is 28.0. The highest BCUT2D eigenvalue weighted by Crippen LogP contribution is 2.34. The molecule has 3 heterocycles. The van der Waals surface area contributed by atoms with E-state index in [1.54, 1.807) is 0 Å². The molecule has 2 amide bonds. The molecule has 0 bridgehead atoms. The number of anilines is 1. The Morgan fingerprint density at radius 3 is 2.73 bits per heavy atom. The maximum Gasteiger partial charge on any atom is 0.249 e. The van der Waals surface area contributed by atoms with Gasteiger partial charge in [-0.25, -0.2) is 4.98 Å². The summed E-state index contributed by atoms with van der Waals surface area (Å²) < 4.78 is 1.91. The van der Waals surface area contributed by atoms with Crippen molar-refractivity contribution in [2.45, 2.75) is 44.6 Å². The van der Waals surface area contributed by atoms with Gasteiger partial charge in [0.2, 0.25) is 11.8 Å². The van der Waals surface area contributed by atoms with Gasteiger partial charge in [-0.3, -0.25) is 14.9 Å². The first-order valence-corrected chi connectivity index (χ1v) is 7.76. The quantitative estimate of drug-likeness (QED) is 0.780. The summed E-state index contributed by atoms with van der Waals surface area (Å²) in [6, 6.07) is 1.57. The summed E-state index contributed by atoms with van der Waals surface area (Å²) in [7, 11) is 0. The van der Waals surface area contributed by atoms with Crippen LogP contribution in [-0.2, 0) is 22.4 Å². The van der Waals surface area contributed by atoms with Crippen LogP contribution in [0.4, 0.5) is 5.82 Å². The van der Waals surface area contributed by atoms with Crippen molar-refractivity contribution >= 4 is 28.7 Å². The Hall–Kier alpha value is -2.37. The minimum absolute atomic E-state index is 0.202. The molecule has 1 atom stereocenters. The summed E-state index contributed by atoms with van der Waals surface area (Å²) in [6.45, 7) is 0. The molecule has 1 aliphatic carbocycles. The largest absolute Gasteiger partial charge is 0.384 e. The van der Waals surface area contributed by atoms with Crippen LogP contribution >= 0.6 is 0 Å². The Morgan fingerprint density at radius 2 is 1.95 bits per heavy atom. The number of hydrogen-bond acceptors (Lipinski definition) is 4. The molecule has 0 saturated carbocycles. The van der Waals surface area contributed by atoms with Crippen molar-refractivity contribution < 1.29 is 9.59 Å². The van der Waals surface area contributed by atoms with Gasteiger partial charge in [0.15, 0.2) is 0 Å². The van der Waals surface area contributed by atoms with E-state index in [4.69, 9.17) is 5.73 Å². The van der Waals surface area contributed by atoms with Gasteiger partial charge in [-0.15, -0.1) is 0 Å². The van der Waals surface area contributed by atoms with Gasteiger partial charge in [0.25, 0.3) is 0 Å². The lowest BCUT2D eigenvalue weighted by Crippen LogP contribution is -2.41. The molecule has 1 fully saturated rings. The topological polar surface area (TPSA) is 90.0 Å². The Labute approximate surface area is 127 Å². The molecule has 0 radical (unpaired) electrons. The van der Waals surface area contributed by atoms with E-state index in [-0.39, 0.29) is 17.9 Å². The number of carbonyl (C=O) groups is 2. The molecule has 22 heavy (non-hydrogen) atoms. The highest BCUT2D eigenvalue weighted by atomic mass is 16.2. The van der Waals surface area contributed by atoms with Crippen molar-refractivity contribution in [3.05, 3.63) is 23.4 Å². The molecule has 1 unspecified atom stereocenters. The minimum atomic E-state index is -0.379. The molecule has 2 aromatic heterocycles. The van der Waals surface area contributed by atoms with Gasteiger partial charge in [-0.1, -0.05) is 0 Å². The lowest BCUT2D eigenvalue weighted by Gasteiger charge is -2.23. The number of nitrogens with two attached hydrogens (primary N) is 1. The fraction of sp³-hybridized carbons (Fsp3) is 0.438. The van der Waals surface area contributed by atoms with Crippen LogP contribution in [0.1, 0.15) is 42.9 Å². The number of nitrogens with one attached hydrogen (secondary N) is 1. The normalized spacial score (nSPS) is 21.7. The van der Waals surface area contributed by atoms with Crippen molar-refractivity contribution in [1.29, 1.82) is 0 Å². The van der Waals surface area contributed by atoms with Crippen molar-refractivity contribution in [1.82, 2.24) is 14.9 Å². The van der Waals surface area contributed by atoms with E-state index in [9.17, 15) is 9.59 Å². The number of nitrogen functional groups attached to an aromatic ring is 1. The monoisotopic (exact) mass is 298 g/mol. The van der Waals surface area contributed by atoms with Crippen LogP contribution < -0.4 is 11.1 Å². The number of hydrogen-bond donors (Lipinski definition) is 2. The summed E-state index contributed by atoms with van der Waals surface area (Å²) in [5.41, 5.74) is 9.20. The molecule has 2 aliphatic rings. The molecule has 2 aromatic rings. The van der Waals surface area contributed by atoms with Crippen LogP contribution in [-0.4, -0.2) is 21.4 Å². The molecule has 0 aromatic carbocycles. The average Bonchev–Trinajstić information content (AvgIpc) is 2.69. The number of aromatic nitrogens is 2. The first-order chi connectivity index (χ1) is 10.6. The fourth-order valence-electron chi connectivity index (χ4n) is 3.64. The van der Waals surface area contributed by atoms with Crippen LogP contribution in [0.2, 0.25) is 0 Å². The maximum absolute atomic E-state index is 12.2. The highest BCUT2D eigenvalue weighted by molar-refractivity contribution is 6.00. The van der Waals surface area contributed by atoms with Crippen LogP contribution in [0.5, 0.6) is 0 Å². The predicted octanol–water partition coefficient (Wildman–Crippen LogP) is 1.47. The zero-order valence-corrected chi connectivity index (χ0v) is 12.3. The van der Waals surface area contributed by atoms with Gasteiger partial charge >= 0.3 is 0 Å². The molecule has 6 heteroatoms. The van der Waals surface area contributed by atoms with Gasteiger partial charge < -0.3 is 10.3 Å². The third-order valence-corrected chi connectivity index (χ3v) is 4.65. The SMILES string of the molecule is Nc1cc2c3c(cn(C4CCC(=O)NC4=O)c3n1)CCCC2. The lowest BCUT2D eigenvalue weighted by molar-refractivity contribution is -0.135. The molecule has 0 spiro atoms. The third kappa shape index (κ3) is 1.98. The second-order valence-electron chi connectivity index (χ2n) is 6.14. The van der Waals surface area contributed by atoms with Gasteiger partial charge in [-0.2, -0.15) is 0 Å². The number of pyridine rings is 1. The smallest absolute Gasteiger partial charge is 0.249 e. The van der Waals surface area contributed by atoms with E-state index in [1.165, 1.54) is 11.1 Å². The van der Waals surface area contributed by atoms with E-state index in [1.807, 2.05) is 16.8 Å². The number of piperidine rings is 1. The zero-order chi connectivity index (χ0) is 15.3. The predicted molar refractivity (Wildman–Crippen MR) is 82.2 cm³/mol. The van der Waals surface area contributed by atoms with Crippen LogP contribution in [0, 0.1) is 0 Å². The molecule has 4 rings (SSSR count). The van der Waals surface area contributed by atoms with Gasteiger partial charge in [0.1, 0.15) is 17.5 Å². The van der Waals surface area contributed by atoms with Crippen LogP contribution in [0.15, 0.2) is 12.3 Å². The van der Waals surface area contributed by atoms with Crippen molar-refractivity contribution in [2.75, 3.05) is 5.73 Å². The van der Waals surface area contributed by atoms with Crippen molar-refractivity contribution in [3.63, 3.8) is 0 Å². The molecule has 1 saturated heterocycles. The second-order valence-corrected chi connectivity index (χ2v) is 6.14. The molecular weight excluding hydrogens is 280 g/mol. The van der Waals surface area contributed by atoms with Crippen LogP contribution in [0.3, 0.4) is 0 Å². The Balaban J connectivity index is 1.90. The van der Waals surface area contributed by atoms with Gasteiger partial charge in [0.05, 0.1) is 0 Å². The zero-order valence-electron chi connectivity index (χ0n) is 12.3. The molecule has 6 nitrogen and oxygen atoms in total. The van der Waals surface area contributed by atoms with E-state index in [0.29, 0.717) is 18.7 Å². The fourth-order valence-corrected chi connectivity index (χ4v) is 3.64. The summed E-state index contributed by atoms with van der Waals surface area (Å²) in [5, 5.41) is 3.57. The van der Waals surface area contributed by atoms with Crippen LogP contribution in [0.25, 0.3) is 11.0 Å². The van der Waals surface area contributed by atoms with E-state index < -0.39 is 0 Å². The van der Waals surface area contributed by atoms with Gasteiger partial charge in [-0.05, 0) is 49.3 Å². The lowest BCUT2D eigenvalue weighted by atomic mass is 10.1.